The van der Waals surface area contributed by atoms with E-state index in [-0.39, 0.29) is 18.4 Å². The van der Waals surface area contributed by atoms with Crippen molar-refractivity contribution in [2.45, 2.75) is 13.3 Å². The van der Waals surface area contributed by atoms with Gasteiger partial charge in [-0.05, 0) is 35.0 Å². The van der Waals surface area contributed by atoms with Crippen LogP contribution in [0.2, 0.25) is 0 Å². The Labute approximate surface area is 102 Å². The molecule has 1 aliphatic rings. The van der Waals surface area contributed by atoms with Gasteiger partial charge in [-0.3, -0.25) is 4.79 Å². The summed E-state index contributed by atoms with van der Waals surface area (Å²) in [5.41, 5.74) is 1.69. The Hall–Kier alpha value is -0.940. The van der Waals surface area contributed by atoms with Gasteiger partial charge >= 0.3 is 0 Å². The summed E-state index contributed by atoms with van der Waals surface area (Å²) in [5.74, 6) is 0.0890. The molecule has 1 aromatic rings. The molecular formula is C11H13BrN2O2. The molecule has 86 valence electrons. The first-order chi connectivity index (χ1) is 7.61. The van der Waals surface area contributed by atoms with Crippen molar-refractivity contribution in [1.29, 1.82) is 0 Å². The molecule has 0 aliphatic carbocycles. The smallest absolute Gasteiger partial charge is 0.227 e. The summed E-state index contributed by atoms with van der Waals surface area (Å²) < 4.78 is 0.680. The zero-order chi connectivity index (χ0) is 11.7. The van der Waals surface area contributed by atoms with Crippen LogP contribution in [-0.2, 0) is 4.79 Å². The number of nitrogens with zero attached hydrogens (tertiary/aromatic N) is 2. The second kappa shape index (κ2) is 4.51. The van der Waals surface area contributed by atoms with Crippen molar-refractivity contribution in [3.8, 4) is 0 Å². The Kier molecular flexibility index (Phi) is 3.25. The van der Waals surface area contributed by atoms with E-state index in [9.17, 15) is 4.79 Å². The predicted molar refractivity (Wildman–Crippen MR) is 64.2 cm³/mol. The van der Waals surface area contributed by atoms with E-state index in [4.69, 9.17) is 5.11 Å². The third kappa shape index (κ3) is 2.10. The molecule has 1 N–H and O–H groups in total. The normalized spacial score (nSPS) is 20.6. The average molecular weight is 285 g/mol. The van der Waals surface area contributed by atoms with Crippen molar-refractivity contribution in [3.63, 3.8) is 0 Å². The summed E-state index contributed by atoms with van der Waals surface area (Å²) in [4.78, 5) is 17.7. The number of carbonyl (C=O) groups excluding carboxylic acids is 1. The zero-order valence-corrected chi connectivity index (χ0v) is 10.6. The SMILES string of the molecule is Cc1ccc(N2CC(CO)CC2=O)c(Br)n1. The van der Waals surface area contributed by atoms with Crippen molar-refractivity contribution in [3.05, 3.63) is 22.4 Å². The molecule has 0 spiro atoms. The highest BCUT2D eigenvalue weighted by atomic mass is 79.9. The van der Waals surface area contributed by atoms with E-state index in [1.165, 1.54) is 0 Å². The fourth-order valence-corrected chi connectivity index (χ4v) is 2.48. The van der Waals surface area contributed by atoms with Gasteiger partial charge in [-0.15, -0.1) is 0 Å². The van der Waals surface area contributed by atoms with E-state index in [2.05, 4.69) is 20.9 Å². The van der Waals surface area contributed by atoms with Gasteiger partial charge in [-0.2, -0.15) is 0 Å². The van der Waals surface area contributed by atoms with E-state index in [1.807, 2.05) is 19.1 Å². The molecular weight excluding hydrogens is 272 g/mol. The van der Waals surface area contributed by atoms with Gasteiger partial charge in [0.2, 0.25) is 5.91 Å². The largest absolute Gasteiger partial charge is 0.396 e. The van der Waals surface area contributed by atoms with E-state index in [0.29, 0.717) is 17.6 Å². The number of aryl methyl sites for hydroxylation is 1. The van der Waals surface area contributed by atoms with E-state index in [0.717, 1.165) is 11.4 Å². The highest BCUT2D eigenvalue weighted by molar-refractivity contribution is 9.10. The minimum atomic E-state index is 0.0423. The lowest BCUT2D eigenvalue weighted by Gasteiger charge is -2.17. The van der Waals surface area contributed by atoms with Crippen molar-refractivity contribution < 1.29 is 9.90 Å². The topological polar surface area (TPSA) is 53.4 Å². The quantitative estimate of drug-likeness (QED) is 0.838. The first-order valence-electron chi connectivity index (χ1n) is 5.16. The third-order valence-electron chi connectivity index (χ3n) is 2.72. The summed E-state index contributed by atoms with van der Waals surface area (Å²) in [6, 6.07) is 3.75. The molecule has 1 saturated heterocycles. The Morgan fingerprint density at radius 1 is 1.62 bits per heavy atom. The Morgan fingerprint density at radius 2 is 2.38 bits per heavy atom. The van der Waals surface area contributed by atoms with Crippen LogP contribution >= 0.6 is 15.9 Å². The van der Waals surface area contributed by atoms with Crippen LogP contribution in [0.25, 0.3) is 0 Å². The molecule has 0 aromatic carbocycles. The maximum absolute atomic E-state index is 11.7. The number of hydrogen-bond acceptors (Lipinski definition) is 3. The minimum absolute atomic E-state index is 0.0423. The van der Waals surface area contributed by atoms with Crippen LogP contribution in [0.1, 0.15) is 12.1 Å². The van der Waals surface area contributed by atoms with Crippen LogP contribution in [0.3, 0.4) is 0 Å². The number of aromatic nitrogens is 1. The van der Waals surface area contributed by atoms with Crippen molar-refractivity contribution >= 4 is 27.5 Å². The lowest BCUT2D eigenvalue weighted by Crippen LogP contribution is -2.25. The number of aliphatic hydroxyl groups excluding tert-OH is 1. The van der Waals surface area contributed by atoms with Gasteiger partial charge in [0.05, 0.1) is 5.69 Å². The lowest BCUT2D eigenvalue weighted by molar-refractivity contribution is -0.117. The summed E-state index contributed by atoms with van der Waals surface area (Å²) in [6.45, 7) is 2.52. The Morgan fingerprint density at radius 3 is 2.94 bits per heavy atom. The maximum atomic E-state index is 11.7. The number of amides is 1. The minimum Gasteiger partial charge on any atom is -0.396 e. The number of rotatable bonds is 2. The predicted octanol–water partition coefficient (Wildman–Crippen LogP) is 1.50. The molecule has 0 radical (unpaired) electrons. The van der Waals surface area contributed by atoms with Crippen molar-refractivity contribution in [1.82, 2.24) is 4.98 Å². The molecule has 1 atom stereocenters. The number of anilines is 1. The second-order valence-corrected chi connectivity index (χ2v) is 4.77. The fourth-order valence-electron chi connectivity index (χ4n) is 1.86. The van der Waals surface area contributed by atoms with Gasteiger partial charge in [0.25, 0.3) is 0 Å². The van der Waals surface area contributed by atoms with Gasteiger partial charge in [-0.1, -0.05) is 0 Å². The summed E-state index contributed by atoms with van der Waals surface area (Å²) >= 11 is 3.36. The third-order valence-corrected chi connectivity index (χ3v) is 3.31. The van der Waals surface area contributed by atoms with Crippen LogP contribution in [-0.4, -0.2) is 29.1 Å². The molecule has 5 heteroatoms. The van der Waals surface area contributed by atoms with Crippen molar-refractivity contribution in [2.24, 2.45) is 5.92 Å². The average Bonchev–Trinajstić information content (AvgIpc) is 2.60. The second-order valence-electron chi connectivity index (χ2n) is 4.02. The molecule has 2 heterocycles. The Bertz CT molecular complexity index is 422. The summed E-state index contributed by atoms with van der Waals surface area (Å²) in [6.07, 6.45) is 0.414. The first kappa shape index (κ1) is 11.5. The molecule has 2 rings (SSSR count). The van der Waals surface area contributed by atoms with Gasteiger partial charge in [0.1, 0.15) is 4.60 Å². The highest BCUT2D eigenvalue weighted by Crippen LogP contribution is 2.30. The molecule has 16 heavy (non-hydrogen) atoms. The molecule has 4 nitrogen and oxygen atoms in total. The molecule has 1 fully saturated rings. The standard InChI is InChI=1S/C11H13BrN2O2/c1-7-2-3-9(11(12)13-7)14-5-8(6-15)4-10(14)16/h2-3,8,15H,4-6H2,1H3. The Balaban J connectivity index is 2.28. The van der Waals surface area contributed by atoms with E-state index in [1.54, 1.807) is 4.90 Å². The summed E-state index contributed by atoms with van der Waals surface area (Å²) in [7, 11) is 0. The number of halogens is 1. The van der Waals surface area contributed by atoms with Gasteiger partial charge in [0, 0.05) is 31.2 Å². The van der Waals surface area contributed by atoms with Crippen LogP contribution in [0.15, 0.2) is 16.7 Å². The van der Waals surface area contributed by atoms with E-state index >= 15 is 0 Å². The lowest BCUT2D eigenvalue weighted by atomic mass is 10.1. The monoisotopic (exact) mass is 284 g/mol. The highest BCUT2D eigenvalue weighted by Gasteiger charge is 2.31. The zero-order valence-electron chi connectivity index (χ0n) is 8.98. The molecule has 0 bridgehead atoms. The van der Waals surface area contributed by atoms with Crippen LogP contribution in [0.5, 0.6) is 0 Å². The van der Waals surface area contributed by atoms with E-state index < -0.39 is 0 Å². The number of pyridine rings is 1. The number of aliphatic hydroxyl groups is 1. The van der Waals surface area contributed by atoms with Crippen LogP contribution < -0.4 is 4.90 Å². The fraction of sp³-hybridized carbons (Fsp3) is 0.455. The molecule has 0 saturated carbocycles. The molecule has 1 unspecified atom stereocenters. The number of carbonyl (C=O) groups is 1. The molecule has 1 aromatic heterocycles. The number of hydrogen-bond donors (Lipinski definition) is 1. The van der Waals surface area contributed by atoms with Gasteiger partial charge < -0.3 is 10.0 Å². The van der Waals surface area contributed by atoms with Crippen molar-refractivity contribution in [2.75, 3.05) is 18.1 Å². The van der Waals surface area contributed by atoms with Crippen LogP contribution in [0, 0.1) is 12.8 Å². The van der Waals surface area contributed by atoms with Gasteiger partial charge in [-0.25, -0.2) is 4.98 Å². The summed E-state index contributed by atoms with van der Waals surface area (Å²) in [5, 5.41) is 9.06. The first-order valence-corrected chi connectivity index (χ1v) is 5.95. The van der Waals surface area contributed by atoms with Gasteiger partial charge in [0.15, 0.2) is 0 Å². The molecule has 1 aliphatic heterocycles. The van der Waals surface area contributed by atoms with Crippen LogP contribution in [0.4, 0.5) is 5.69 Å². The maximum Gasteiger partial charge on any atom is 0.227 e. The molecule has 1 amide bonds.